The number of benzene rings is 1. The van der Waals surface area contributed by atoms with Gasteiger partial charge in [-0.05, 0) is 42.6 Å². The summed E-state index contributed by atoms with van der Waals surface area (Å²) in [5.41, 5.74) is 11.5. The molecule has 2 rings (SSSR count). The SMILES string of the molecule is CN1CCc2c(Cl)ccc(N=[N+]=[N-])c2CC1.O=S(=O)(O)O. The lowest BCUT2D eigenvalue weighted by Crippen LogP contribution is -2.20. The van der Waals surface area contributed by atoms with Crippen molar-refractivity contribution in [3.05, 3.63) is 38.7 Å². The Morgan fingerprint density at radius 2 is 1.81 bits per heavy atom. The molecule has 1 aliphatic heterocycles. The molecule has 0 bridgehead atoms. The van der Waals surface area contributed by atoms with E-state index in [-0.39, 0.29) is 0 Å². The highest BCUT2D eigenvalue weighted by Gasteiger charge is 2.16. The number of fused-ring (bicyclic) bond motifs is 1. The van der Waals surface area contributed by atoms with Crippen molar-refractivity contribution < 1.29 is 17.5 Å². The van der Waals surface area contributed by atoms with Crippen LogP contribution in [0.2, 0.25) is 5.02 Å². The Balaban J connectivity index is 0.000000383. The van der Waals surface area contributed by atoms with Crippen molar-refractivity contribution in [2.75, 3.05) is 20.1 Å². The Labute approximate surface area is 127 Å². The molecular weight excluding hydrogens is 320 g/mol. The second kappa shape index (κ2) is 7.60. The maximum Gasteiger partial charge on any atom is 0.394 e. The second-order valence-corrected chi connectivity index (χ2v) is 5.77. The summed E-state index contributed by atoms with van der Waals surface area (Å²) in [7, 11) is -2.58. The molecule has 0 atom stereocenters. The maximum absolute atomic E-state index is 8.74. The topological polar surface area (TPSA) is 127 Å². The standard InChI is InChI=1S/C11H13ClN4.H2O4S/c1-16-6-4-8-9(5-7-16)11(14-15-13)3-2-10(8)12;1-5(2,3)4/h2-3H,4-7H2,1H3;(H2,1,2,3,4). The molecule has 0 amide bonds. The molecule has 21 heavy (non-hydrogen) atoms. The normalized spacial score (nSPS) is 15.0. The molecule has 0 spiro atoms. The predicted molar refractivity (Wildman–Crippen MR) is 79.3 cm³/mol. The molecule has 1 aromatic rings. The summed E-state index contributed by atoms with van der Waals surface area (Å²) in [6, 6.07) is 3.61. The van der Waals surface area contributed by atoms with Gasteiger partial charge < -0.3 is 4.90 Å². The average molecular weight is 335 g/mol. The minimum absolute atomic E-state index is 0.720. The maximum atomic E-state index is 8.74. The number of hydrogen-bond donors (Lipinski definition) is 2. The fraction of sp³-hybridized carbons (Fsp3) is 0.455. The van der Waals surface area contributed by atoms with E-state index in [1.165, 1.54) is 0 Å². The largest absolute Gasteiger partial charge is 0.394 e. The van der Waals surface area contributed by atoms with E-state index < -0.39 is 10.4 Å². The molecule has 0 radical (unpaired) electrons. The molecule has 0 unspecified atom stereocenters. The monoisotopic (exact) mass is 334 g/mol. The van der Waals surface area contributed by atoms with Crippen LogP contribution < -0.4 is 0 Å². The Bertz CT molecular complexity index is 650. The van der Waals surface area contributed by atoms with E-state index in [4.69, 9.17) is 34.7 Å². The Hall–Kier alpha value is -1.35. The molecule has 1 heterocycles. The lowest BCUT2D eigenvalue weighted by atomic mass is 10.0. The van der Waals surface area contributed by atoms with Gasteiger partial charge in [0.25, 0.3) is 0 Å². The molecule has 0 aliphatic carbocycles. The van der Waals surface area contributed by atoms with Crippen LogP contribution >= 0.6 is 11.6 Å². The summed E-state index contributed by atoms with van der Waals surface area (Å²) in [6.45, 7) is 1.97. The Morgan fingerprint density at radius 1 is 1.29 bits per heavy atom. The first-order chi connectivity index (χ1) is 9.72. The van der Waals surface area contributed by atoms with Gasteiger partial charge in [0, 0.05) is 28.7 Å². The van der Waals surface area contributed by atoms with E-state index in [1.807, 2.05) is 6.07 Å². The van der Waals surface area contributed by atoms with Crippen molar-refractivity contribution >= 4 is 27.7 Å². The van der Waals surface area contributed by atoms with Crippen molar-refractivity contribution in [3.8, 4) is 0 Å². The van der Waals surface area contributed by atoms with Crippen LogP contribution in [-0.2, 0) is 23.2 Å². The van der Waals surface area contributed by atoms with Crippen LogP contribution in [0.4, 0.5) is 5.69 Å². The molecule has 8 nitrogen and oxygen atoms in total. The second-order valence-electron chi connectivity index (χ2n) is 4.46. The first kappa shape index (κ1) is 17.7. The van der Waals surface area contributed by atoms with Crippen molar-refractivity contribution in [2.24, 2.45) is 5.11 Å². The van der Waals surface area contributed by atoms with E-state index in [2.05, 4.69) is 22.0 Å². The van der Waals surface area contributed by atoms with Gasteiger partial charge in [-0.2, -0.15) is 8.42 Å². The van der Waals surface area contributed by atoms with E-state index in [9.17, 15) is 0 Å². The van der Waals surface area contributed by atoms with Gasteiger partial charge in [0.1, 0.15) is 0 Å². The fourth-order valence-corrected chi connectivity index (χ4v) is 2.33. The quantitative estimate of drug-likeness (QED) is 0.353. The lowest BCUT2D eigenvalue weighted by molar-refractivity contribution is 0.352. The molecule has 116 valence electrons. The summed E-state index contributed by atoms with van der Waals surface area (Å²) in [4.78, 5) is 5.12. The fourth-order valence-electron chi connectivity index (χ4n) is 2.06. The average Bonchev–Trinajstić information content (AvgIpc) is 2.54. The third-order valence-corrected chi connectivity index (χ3v) is 3.34. The van der Waals surface area contributed by atoms with Gasteiger partial charge in [-0.1, -0.05) is 22.8 Å². The molecule has 0 aromatic heterocycles. The van der Waals surface area contributed by atoms with Crippen LogP contribution in [-0.4, -0.2) is 42.6 Å². The predicted octanol–water partition coefficient (Wildman–Crippen LogP) is 2.66. The molecule has 10 heteroatoms. The first-order valence-electron chi connectivity index (χ1n) is 5.96. The van der Waals surface area contributed by atoms with Crippen LogP contribution in [0.5, 0.6) is 0 Å². The smallest absolute Gasteiger partial charge is 0.306 e. The highest BCUT2D eigenvalue weighted by atomic mass is 35.5. The highest BCUT2D eigenvalue weighted by Crippen LogP contribution is 2.31. The number of hydrogen-bond acceptors (Lipinski definition) is 4. The highest BCUT2D eigenvalue weighted by molar-refractivity contribution is 7.79. The van der Waals surface area contributed by atoms with Gasteiger partial charge in [-0.15, -0.1) is 0 Å². The van der Waals surface area contributed by atoms with Crippen LogP contribution in [0.25, 0.3) is 10.4 Å². The van der Waals surface area contributed by atoms with Crippen LogP contribution in [0.1, 0.15) is 11.1 Å². The summed E-state index contributed by atoms with van der Waals surface area (Å²) >= 11 is 6.18. The minimum atomic E-state index is -4.67. The zero-order valence-corrected chi connectivity index (χ0v) is 12.8. The van der Waals surface area contributed by atoms with Gasteiger partial charge in [0.15, 0.2) is 0 Å². The van der Waals surface area contributed by atoms with E-state index in [0.29, 0.717) is 0 Å². The summed E-state index contributed by atoms with van der Waals surface area (Å²) in [5, 5.41) is 4.51. The third-order valence-electron chi connectivity index (χ3n) is 2.99. The Morgan fingerprint density at radius 3 is 2.33 bits per heavy atom. The molecule has 1 aromatic carbocycles. The number of likely N-dealkylation sites (N-methyl/N-ethyl adjacent to an activating group) is 1. The van der Waals surface area contributed by atoms with E-state index in [0.717, 1.165) is 47.8 Å². The van der Waals surface area contributed by atoms with E-state index >= 15 is 0 Å². The van der Waals surface area contributed by atoms with Gasteiger partial charge in [0.2, 0.25) is 0 Å². The van der Waals surface area contributed by atoms with E-state index in [1.54, 1.807) is 6.07 Å². The number of azide groups is 1. The van der Waals surface area contributed by atoms with Crippen molar-refractivity contribution in [1.82, 2.24) is 4.90 Å². The zero-order valence-electron chi connectivity index (χ0n) is 11.3. The van der Waals surface area contributed by atoms with Gasteiger partial charge in [0.05, 0.1) is 0 Å². The summed E-state index contributed by atoms with van der Waals surface area (Å²) in [5.74, 6) is 0. The van der Waals surface area contributed by atoms with Crippen LogP contribution in [0.15, 0.2) is 17.2 Å². The number of halogens is 1. The summed E-state index contributed by atoms with van der Waals surface area (Å²) < 4.78 is 31.6. The molecular formula is C11H15ClN4O4S. The molecule has 0 saturated carbocycles. The number of rotatable bonds is 1. The lowest BCUT2D eigenvalue weighted by Gasteiger charge is -2.11. The third kappa shape index (κ3) is 6.30. The summed E-state index contributed by atoms with van der Waals surface area (Å²) in [6.07, 6.45) is 1.81. The van der Waals surface area contributed by atoms with Gasteiger partial charge >= 0.3 is 10.4 Å². The van der Waals surface area contributed by atoms with Crippen LogP contribution in [0.3, 0.4) is 0 Å². The zero-order chi connectivity index (χ0) is 16.0. The van der Waals surface area contributed by atoms with Gasteiger partial charge in [-0.3, -0.25) is 9.11 Å². The van der Waals surface area contributed by atoms with Crippen LogP contribution in [0, 0.1) is 0 Å². The first-order valence-corrected chi connectivity index (χ1v) is 7.73. The van der Waals surface area contributed by atoms with Crippen molar-refractivity contribution in [2.45, 2.75) is 12.8 Å². The number of nitrogens with zero attached hydrogens (tertiary/aromatic N) is 4. The Kier molecular flexibility index (Phi) is 6.41. The molecule has 2 N–H and O–H groups in total. The molecule has 0 fully saturated rings. The minimum Gasteiger partial charge on any atom is -0.306 e. The van der Waals surface area contributed by atoms with Gasteiger partial charge in [-0.25, -0.2) is 0 Å². The molecule has 1 aliphatic rings. The van der Waals surface area contributed by atoms with Crippen molar-refractivity contribution in [1.29, 1.82) is 0 Å². The molecule has 0 saturated heterocycles. The van der Waals surface area contributed by atoms with Crippen molar-refractivity contribution in [3.63, 3.8) is 0 Å².